The van der Waals surface area contributed by atoms with Crippen LogP contribution < -0.4 is 10.2 Å². The highest BCUT2D eigenvalue weighted by Crippen LogP contribution is 2.38. The van der Waals surface area contributed by atoms with E-state index in [1.165, 1.54) is 0 Å². The van der Waals surface area contributed by atoms with Crippen molar-refractivity contribution in [2.45, 2.75) is 0 Å². The highest BCUT2D eigenvalue weighted by atomic mass is 79.9. The van der Waals surface area contributed by atoms with Crippen LogP contribution in [0.2, 0.25) is 0 Å². The number of benzene rings is 4. The predicted molar refractivity (Wildman–Crippen MR) is 167 cm³/mol. The number of rotatable bonds is 5. The van der Waals surface area contributed by atoms with Gasteiger partial charge in [-0.3, -0.25) is 14.9 Å². The lowest BCUT2D eigenvalue weighted by Gasteiger charge is -2.26. The summed E-state index contributed by atoms with van der Waals surface area (Å²) in [5.74, 6) is -1.44. The Morgan fingerprint density at radius 3 is 1.76 bits per heavy atom. The third-order valence-electron chi connectivity index (χ3n) is 6.72. The summed E-state index contributed by atoms with van der Waals surface area (Å²) in [6, 6.07) is 35.6. The van der Waals surface area contributed by atoms with Crippen LogP contribution in [0.1, 0.15) is 5.56 Å². The molecule has 4 aromatic carbocycles. The second-order valence-corrected chi connectivity index (χ2v) is 11.1. The topological polar surface area (TPSA) is 71.4 Å². The standard InChI is InChI=1S/C33H21Br2N3O3/c34-24-11-15-26(16-12-24)37-29(21-7-3-1-4-8-21)20-23(30(37)22-9-5-2-6-10-22)19-28-31(39)36-33(41)38(32(28)40)27-17-13-25(35)14-18-27/h1-20H,(H,36,39,41)/b28-19+. The lowest BCUT2D eigenvalue weighted by Crippen LogP contribution is -2.54. The quantitative estimate of drug-likeness (QED) is 0.153. The SMILES string of the molecule is O=C1NC(=O)N(c2ccc(Br)cc2)C(=O)/C1=C/c1cc(-c2ccccc2)n(-c2ccc(Br)cc2)c1-c1ccccc1. The van der Waals surface area contributed by atoms with E-state index >= 15 is 0 Å². The number of amides is 4. The van der Waals surface area contributed by atoms with E-state index in [4.69, 9.17) is 0 Å². The molecule has 5 aromatic rings. The van der Waals surface area contributed by atoms with Gasteiger partial charge in [0.1, 0.15) is 5.57 Å². The fourth-order valence-electron chi connectivity index (χ4n) is 4.85. The predicted octanol–water partition coefficient (Wildman–Crippen LogP) is 8.00. The van der Waals surface area contributed by atoms with Gasteiger partial charge in [-0.25, -0.2) is 9.69 Å². The van der Waals surface area contributed by atoms with Crippen LogP contribution in [-0.2, 0) is 9.59 Å². The lowest BCUT2D eigenvalue weighted by atomic mass is 10.0. The van der Waals surface area contributed by atoms with Gasteiger partial charge in [0.15, 0.2) is 0 Å². The molecule has 1 aliphatic heterocycles. The van der Waals surface area contributed by atoms with Crippen LogP contribution in [0.15, 0.2) is 130 Å². The molecule has 6 nitrogen and oxygen atoms in total. The first-order valence-electron chi connectivity index (χ1n) is 12.7. The van der Waals surface area contributed by atoms with E-state index in [0.717, 1.165) is 42.0 Å². The number of aromatic nitrogens is 1. The zero-order valence-electron chi connectivity index (χ0n) is 21.4. The maximum atomic E-state index is 13.7. The molecule has 1 fully saturated rings. The molecule has 0 unspecified atom stereocenters. The van der Waals surface area contributed by atoms with E-state index in [0.29, 0.717) is 11.3 Å². The third kappa shape index (κ3) is 5.19. The Morgan fingerprint density at radius 2 is 1.17 bits per heavy atom. The molecule has 0 aliphatic carbocycles. The summed E-state index contributed by atoms with van der Waals surface area (Å²) in [5, 5.41) is 2.33. The van der Waals surface area contributed by atoms with Crippen LogP contribution in [0.3, 0.4) is 0 Å². The van der Waals surface area contributed by atoms with Crippen molar-refractivity contribution in [3.05, 3.63) is 135 Å². The molecule has 1 N–H and O–H groups in total. The van der Waals surface area contributed by atoms with Gasteiger partial charge in [0.25, 0.3) is 11.8 Å². The van der Waals surface area contributed by atoms with Gasteiger partial charge in [-0.1, -0.05) is 92.5 Å². The average molecular weight is 667 g/mol. The van der Waals surface area contributed by atoms with Crippen LogP contribution in [0.25, 0.3) is 34.3 Å². The molecule has 0 atom stereocenters. The highest BCUT2D eigenvalue weighted by Gasteiger charge is 2.37. The summed E-state index contributed by atoms with van der Waals surface area (Å²) < 4.78 is 3.86. The van der Waals surface area contributed by atoms with Gasteiger partial charge in [0, 0.05) is 20.2 Å². The molecule has 200 valence electrons. The Bertz CT molecular complexity index is 1810. The van der Waals surface area contributed by atoms with Gasteiger partial charge in [-0.05, 0) is 71.8 Å². The second kappa shape index (κ2) is 11.2. The zero-order chi connectivity index (χ0) is 28.5. The molecule has 0 spiro atoms. The number of carbonyl (C=O) groups is 3. The van der Waals surface area contributed by atoms with Crippen LogP contribution >= 0.6 is 31.9 Å². The van der Waals surface area contributed by atoms with E-state index < -0.39 is 17.8 Å². The van der Waals surface area contributed by atoms with Crippen LogP contribution in [0.5, 0.6) is 0 Å². The minimum Gasteiger partial charge on any atom is -0.309 e. The summed E-state index contributed by atoms with van der Waals surface area (Å²) in [5.41, 5.74) is 5.31. The number of anilines is 1. The highest BCUT2D eigenvalue weighted by molar-refractivity contribution is 9.10. The van der Waals surface area contributed by atoms with E-state index in [1.807, 2.05) is 91.0 Å². The smallest absolute Gasteiger partial charge is 0.309 e. The summed E-state index contributed by atoms with van der Waals surface area (Å²) in [6.45, 7) is 0. The van der Waals surface area contributed by atoms with Gasteiger partial charge in [0.2, 0.25) is 0 Å². The molecule has 1 aliphatic rings. The van der Waals surface area contributed by atoms with Crippen LogP contribution in [-0.4, -0.2) is 22.4 Å². The first-order valence-corrected chi connectivity index (χ1v) is 14.3. The molecule has 0 bridgehead atoms. The normalized spacial score (nSPS) is 14.4. The maximum Gasteiger partial charge on any atom is 0.335 e. The Balaban J connectivity index is 1.59. The number of hydrogen-bond donors (Lipinski definition) is 1. The molecule has 0 saturated carbocycles. The fraction of sp³-hybridized carbons (Fsp3) is 0. The number of nitrogens with one attached hydrogen (secondary N) is 1. The molecule has 1 saturated heterocycles. The summed E-state index contributed by atoms with van der Waals surface area (Å²) >= 11 is 6.90. The molecule has 6 rings (SSSR count). The first-order chi connectivity index (χ1) is 19.9. The largest absolute Gasteiger partial charge is 0.335 e. The molecular formula is C33H21Br2N3O3. The fourth-order valence-corrected chi connectivity index (χ4v) is 5.38. The van der Waals surface area contributed by atoms with Crippen LogP contribution in [0.4, 0.5) is 10.5 Å². The third-order valence-corrected chi connectivity index (χ3v) is 7.78. The molecule has 1 aromatic heterocycles. The van der Waals surface area contributed by atoms with Crippen molar-refractivity contribution in [1.82, 2.24) is 9.88 Å². The minimum absolute atomic E-state index is 0.141. The van der Waals surface area contributed by atoms with E-state index in [1.54, 1.807) is 30.3 Å². The number of barbiturate groups is 1. The number of halogens is 2. The molecule has 4 amide bonds. The molecule has 2 heterocycles. The minimum atomic E-state index is -0.792. The zero-order valence-corrected chi connectivity index (χ0v) is 24.6. The molecule has 8 heteroatoms. The van der Waals surface area contributed by atoms with Gasteiger partial charge >= 0.3 is 6.03 Å². The maximum absolute atomic E-state index is 13.7. The van der Waals surface area contributed by atoms with E-state index in [9.17, 15) is 14.4 Å². The number of carbonyl (C=O) groups excluding carboxylic acids is 3. The van der Waals surface area contributed by atoms with Gasteiger partial charge < -0.3 is 4.57 Å². The second-order valence-electron chi connectivity index (χ2n) is 9.31. The van der Waals surface area contributed by atoms with Crippen LogP contribution in [0, 0.1) is 0 Å². The van der Waals surface area contributed by atoms with E-state index in [-0.39, 0.29) is 5.57 Å². The average Bonchev–Trinajstić information content (AvgIpc) is 3.36. The number of hydrogen-bond acceptors (Lipinski definition) is 3. The molecule has 0 radical (unpaired) electrons. The number of imide groups is 2. The molecular weight excluding hydrogens is 646 g/mol. The Labute approximate surface area is 253 Å². The molecule has 41 heavy (non-hydrogen) atoms. The summed E-state index contributed by atoms with van der Waals surface area (Å²) in [4.78, 5) is 40.6. The number of nitrogens with zero attached hydrogens (tertiary/aromatic N) is 2. The van der Waals surface area contributed by atoms with Crippen molar-refractivity contribution >= 4 is 61.5 Å². The van der Waals surface area contributed by atoms with Crippen molar-refractivity contribution in [3.63, 3.8) is 0 Å². The van der Waals surface area contributed by atoms with E-state index in [2.05, 4.69) is 41.7 Å². The van der Waals surface area contributed by atoms with Crippen molar-refractivity contribution in [3.8, 4) is 28.2 Å². The van der Waals surface area contributed by atoms with Crippen molar-refractivity contribution in [2.24, 2.45) is 0 Å². The van der Waals surface area contributed by atoms with Crippen molar-refractivity contribution < 1.29 is 14.4 Å². The summed E-state index contributed by atoms with van der Waals surface area (Å²) in [7, 11) is 0. The summed E-state index contributed by atoms with van der Waals surface area (Å²) in [6.07, 6.45) is 1.57. The van der Waals surface area contributed by atoms with Gasteiger partial charge in [0.05, 0.1) is 17.1 Å². The first kappa shape index (κ1) is 26.7. The van der Waals surface area contributed by atoms with Gasteiger partial charge in [-0.15, -0.1) is 0 Å². The van der Waals surface area contributed by atoms with Crippen molar-refractivity contribution in [1.29, 1.82) is 0 Å². The Hall–Kier alpha value is -4.53. The van der Waals surface area contributed by atoms with Gasteiger partial charge in [-0.2, -0.15) is 0 Å². The Morgan fingerprint density at radius 1 is 0.634 bits per heavy atom. The lowest BCUT2D eigenvalue weighted by molar-refractivity contribution is -0.122. The number of urea groups is 1. The Kier molecular flexibility index (Phi) is 7.26. The monoisotopic (exact) mass is 665 g/mol. The van der Waals surface area contributed by atoms with Crippen molar-refractivity contribution in [2.75, 3.05) is 4.90 Å².